The van der Waals surface area contributed by atoms with Crippen molar-refractivity contribution in [3.63, 3.8) is 0 Å². The van der Waals surface area contributed by atoms with Crippen LogP contribution in [0.1, 0.15) is 15.9 Å². The number of anilines is 1. The average molecular weight is 480 g/mol. The molecule has 0 aliphatic carbocycles. The first-order valence-electron chi connectivity index (χ1n) is 9.15. The summed E-state index contributed by atoms with van der Waals surface area (Å²) in [6.07, 6.45) is 0.858. The maximum atomic E-state index is 12.7. The molecule has 1 aromatic heterocycles. The number of nitrogens with one attached hydrogen (secondary N) is 1. The quantitative estimate of drug-likeness (QED) is 0.539. The van der Waals surface area contributed by atoms with E-state index in [1.54, 1.807) is 0 Å². The highest BCUT2D eigenvalue weighted by molar-refractivity contribution is 7.89. The number of nitrogens with zero attached hydrogens (tertiary/aromatic N) is 2. The lowest BCUT2D eigenvalue weighted by Crippen LogP contribution is -2.26. The predicted octanol–water partition coefficient (Wildman–Crippen LogP) is 3.83. The van der Waals surface area contributed by atoms with E-state index in [0.29, 0.717) is 16.2 Å². The van der Waals surface area contributed by atoms with E-state index in [9.17, 15) is 13.2 Å². The summed E-state index contributed by atoms with van der Waals surface area (Å²) in [6, 6.07) is 9.88. The first-order valence-corrected chi connectivity index (χ1v) is 11.8. The van der Waals surface area contributed by atoms with E-state index in [2.05, 4.69) is 10.3 Å². The Hall–Kier alpha value is -2.50. The van der Waals surface area contributed by atoms with Gasteiger partial charge in [-0.1, -0.05) is 16.1 Å². The second-order valence-corrected chi connectivity index (χ2v) is 9.82. The van der Waals surface area contributed by atoms with Crippen LogP contribution in [0.3, 0.4) is 0 Å². The molecule has 4 rings (SSSR count). The molecule has 0 radical (unpaired) electrons. The van der Waals surface area contributed by atoms with Gasteiger partial charge in [0, 0.05) is 30.0 Å². The standard InChI is InChI=1S/C20H18ClN3O5S2/c1-24(28-2)31(26,27)18-10-14(3-5-15(18)21)19(25)23-20-22-16(11-30-20)12-4-6-17-13(9-12)7-8-29-17/h3-6,9-11H,7-8H2,1-2H3,(H,22,23,25). The number of hydroxylamine groups is 1. The van der Waals surface area contributed by atoms with Crippen molar-refractivity contribution < 1.29 is 22.8 Å². The first kappa shape index (κ1) is 21.7. The van der Waals surface area contributed by atoms with Crippen molar-refractivity contribution in [2.45, 2.75) is 11.3 Å². The zero-order valence-electron chi connectivity index (χ0n) is 16.6. The molecule has 0 atom stereocenters. The minimum Gasteiger partial charge on any atom is -0.493 e. The van der Waals surface area contributed by atoms with Gasteiger partial charge in [-0.25, -0.2) is 13.4 Å². The number of sulfonamides is 1. The maximum Gasteiger partial charge on any atom is 0.266 e. The van der Waals surface area contributed by atoms with Gasteiger partial charge in [0.05, 0.1) is 24.4 Å². The Labute approximate surface area is 188 Å². The molecule has 1 amide bonds. The smallest absolute Gasteiger partial charge is 0.266 e. The van der Waals surface area contributed by atoms with Gasteiger partial charge in [0.1, 0.15) is 10.6 Å². The summed E-state index contributed by atoms with van der Waals surface area (Å²) in [4.78, 5) is 21.7. The van der Waals surface area contributed by atoms with Crippen molar-refractivity contribution in [3.05, 3.63) is 57.9 Å². The molecule has 0 saturated heterocycles. The van der Waals surface area contributed by atoms with Crippen LogP contribution in [0.4, 0.5) is 5.13 Å². The highest BCUT2D eigenvalue weighted by Crippen LogP contribution is 2.32. The number of hydrogen-bond acceptors (Lipinski definition) is 7. The van der Waals surface area contributed by atoms with E-state index < -0.39 is 15.9 Å². The van der Waals surface area contributed by atoms with Gasteiger partial charge in [0.15, 0.2) is 5.13 Å². The lowest BCUT2D eigenvalue weighted by atomic mass is 10.1. The van der Waals surface area contributed by atoms with Gasteiger partial charge < -0.3 is 4.74 Å². The van der Waals surface area contributed by atoms with Gasteiger partial charge in [-0.05, 0) is 42.0 Å². The molecule has 2 heterocycles. The zero-order chi connectivity index (χ0) is 22.2. The third-order valence-electron chi connectivity index (χ3n) is 4.78. The van der Waals surface area contributed by atoms with Crippen LogP contribution in [0.25, 0.3) is 11.3 Å². The molecule has 8 nitrogen and oxygen atoms in total. The van der Waals surface area contributed by atoms with Crippen molar-refractivity contribution in [1.29, 1.82) is 0 Å². The monoisotopic (exact) mass is 479 g/mol. The number of thiazole rings is 1. The number of benzene rings is 2. The number of carbonyl (C=O) groups is 1. The summed E-state index contributed by atoms with van der Waals surface area (Å²) in [7, 11) is -1.55. The Morgan fingerprint density at radius 2 is 2.10 bits per heavy atom. The number of hydrogen-bond donors (Lipinski definition) is 1. The summed E-state index contributed by atoms with van der Waals surface area (Å²) in [5.41, 5.74) is 2.92. The summed E-state index contributed by atoms with van der Waals surface area (Å²) in [5, 5.41) is 4.93. The SMILES string of the molecule is CON(C)S(=O)(=O)c1cc(C(=O)Nc2nc(-c3ccc4c(c3)CCO4)cs2)ccc1Cl. The first-order chi connectivity index (χ1) is 14.8. The van der Waals surface area contributed by atoms with E-state index in [1.165, 1.54) is 43.7 Å². The Kier molecular flexibility index (Phi) is 6.00. The zero-order valence-corrected chi connectivity index (χ0v) is 19.0. The summed E-state index contributed by atoms with van der Waals surface area (Å²) >= 11 is 7.32. The number of aromatic nitrogens is 1. The Morgan fingerprint density at radius 3 is 2.87 bits per heavy atom. The van der Waals surface area contributed by atoms with Gasteiger partial charge in [-0.3, -0.25) is 14.9 Å². The molecule has 0 spiro atoms. The van der Waals surface area contributed by atoms with Crippen molar-refractivity contribution in [2.75, 3.05) is 26.1 Å². The van der Waals surface area contributed by atoms with Gasteiger partial charge in [0.2, 0.25) is 0 Å². The molecule has 11 heteroatoms. The molecule has 0 saturated carbocycles. The largest absolute Gasteiger partial charge is 0.493 e. The predicted molar refractivity (Wildman–Crippen MR) is 118 cm³/mol. The van der Waals surface area contributed by atoms with E-state index in [0.717, 1.165) is 29.0 Å². The fourth-order valence-corrected chi connectivity index (χ4v) is 5.25. The number of fused-ring (bicyclic) bond motifs is 1. The fraction of sp³-hybridized carbons (Fsp3) is 0.200. The topological polar surface area (TPSA) is 97.8 Å². The van der Waals surface area contributed by atoms with Gasteiger partial charge in [-0.15, -0.1) is 11.3 Å². The average Bonchev–Trinajstić information content (AvgIpc) is 3.41. The molecular formula is C20H18ClN3O5S2. The minimum atomic E-state index is -4.01. The van der Waals surface area contributed by atoms with Gasteiger partial charge >= 0.3 is 0 Å². The molecule has 0 bridgehead atoms. The van der Waals surface area contributed by atoms with E-state index in [1.807, 2.05) is 23.6 Å². The molecule has 1 aliphatic rings. The van der Waals surface area contributed by atoms with Crippen molar-refractivity contribution >= 4 is 44.0 Å². The van der Waals surface area contributed by atoms with Crippen LogP contribution in [-0.4, -0.2) is 44.5 Å². The molecule has 162 valence electrons. The summed E-state index contributed by atoms with van der Waals surface area (Å²) in [6.45, 7) is 0.677. The highest BCUT2D eigenvalue weighted by atomic mass is 35.5. The second-order valence-electron chi connectivity index (χ2n) is 6.66. The lowest BCUT2D eigenvalue weighted by molar-refractivity contribution is -0.0258. The molecule has 0 unspecified atom stereocenters. The molecule has 3 aromatic rings. The third kappa shape index (κ3) is 4.30. The van der Waals surface area contributed by atoms with E-state index in [4.69, 9.17) is 21.2 Å². The number of amides is 1. The molecule has 1 N–H and O–H groups in total. The molecule has 1 aliphatic heterocycles. The Bertz CT molecular complexity index is 1260. The van der Waals surface area contributed by atoms with Crippen LogP contribution >= 0.6 is 22.9 Å². The van der Waals surface area contributed by atoms with Crippen molar-refractivity contribution in [1.82, 2.24) is 9.45 Å². The lowest BCUT2D eigenvalue weighted by Gasteiger charge is -2.15. The second kappa shape index (κ2) is 8.56. The van der Waals surface area contributed by atoms with Crippen LogP contribution in [0.15, 0.2) is 46.7 Å². The molecule has 31 heavy (non-hydrogen) atoms. The highest BCUT2D eigenvalue weighted by Gasteiger charge is 2.25. The van der Waals surface area contributed by atoms with Gasteiger partial charge in [-0.2, -0.15) is 0 Å². The molecule has 0 fully saturated rings. The van der Waals surface area contributed by atoms with Crippen LogP contribution in [0.5, 0.6) is 5.75 Å². The van der Waals surface area contributed by atoms with Crippen LogP contribution in [0.2, 0.25) is 5.02 Å². The van der Waals surface area contributed by atoms with Crippen molar-refractivity contribution in [2.24, 2.45) is 0 Å². The van der Waals surface area contributed by atoms with E-state index >= 15 is 0 Å². The molecular weight excluding hydrogens is 462 g/mol. The minimum absolute atomic E-state index is 0.0161. The maximum absolute atomic E-state index is 12.7. The molecule has 2 aromatic carbocycles. The van der Waals surface area contributed by atoms with Crippen molar-refractivity contribution in [3.8, 4) is 17.0 Å². The fourth-order valence-electron chi connectivity index (χ4n) is 3.06. The normalized spacial score (nSPS) is 13.2. The summed E-state index contributed by atoms with van der Waals surface area (Å²) in [5.74, 6) is 0.386. The van der Waals surface area contributed by atoms with Crippen LogP contribution < -0.4 is 10.1 Å². The van der Waals surface area contributed by atoms with Crippen LogP contribution in [-0.2, 0) is 21.3 Å². The van der Waals surface area contributed by atoms with Gasteiger partial charge in [0.25, 0.3) is 15.9 Å². The van der Waals surface area contributed by atoms with Crippen LogP contribution in [0, 0.1) is 0 Å². The third-order valence-corrected chi connectivity index (χ3v) is 7.70. The Morgan fingerprint density at radius 1 is 1.29 bits per heavy atom. The number of ether oxygens (including phenoxy) is 1. The Balaban J connectivity index is 1.55. The summed E-state index contributed by atoms with van der Waals surface area (Å²) < 4.78 is 31.2. The number of halogens is 1. The number of rotatable bonds is 6. The number of carbonyl (C=O) groups excluding carboxylic acids is 1. The van der Waals surface area contributed by atoms with E-state index in [-0.39, 0.29) is 15.5 Å².